The molecule has 7 nitrogen and oxygen atoms in total. The van der Waals surface area contributed by atoms with Crippen LogP contribution in [0, 0.1) is 0 Å². The maximum atomic E-state index is 11.8. The Morgan fingerprint density at radius 2 is 2.15 bits per heavy atom. The fraction of sp³-hybridized carbons (Fsp3) is 0.368. The lowest BCUT2D eigenvalue weighted by atomic mass is 10.0. The van der Waals surface area contributed by atoms with Gasteiger partial charge < -0.3 is 4.74 Å². The van der Waals surface area contributed by atoms with Crippen molar-refractivity contribution in [1.82, 2.24) is 14.2 Å². The van der Waals surface area contributed by atoms with Gasteiger partial charge in [-0.25, -0.2) is 9.00 Å². The number of rotatable bonds is 7. The molecule has 144 valence electrons. The topological polar surface area (TPSA) is 83.0 Å². The molecule has 0 amide bonds. The third-order valence-electron chi connectivity index (χ3n) is 4.67. The quantitative estimate of drug-likeness (QED) is 0.576. The number of pyridine rings is 1. The minimum Gasteiger partial charge on any atom is -0.465 e. The minimum absolute atomic E-state index is 0.222. The molecule has 1 atom stereocenters. The van der Waals surface area contributed by atoms with Crippen LogP contribution in [-0.4, -0.2) is 49.6 Å². The Morgan fingerprint density at radius 3 is 2.81 bits per heavy atom. The lowest BCUT2D eigenvalue weighted by molar-refractivity contribution is 0.0600. The Balaban J connectivity index is 1.66. The Morgan fingerprint density at radius 1 is 1.33 bits per heavy atom. The molecule has 3 rings (SSSR count). The van der Waals surface area contributed by atoms with Crippen molar-refractivity contribution in [3.63, 3.8) is 0 Å². The number of aromatic nitrogens is 1. The zero-order chi connectivity index (χ0) is 19.4. The third kappa shape index (κ3) is 4.78. The molecule has 0 spiro atoms. The van der Waals surface area contributed by atoms with Gasteiger partial charge in [-0.3, -0.25) is 14.4 Å². The molecule has 0 radical (unpaired) electrons. The first kappa shape index (κ1) is 19.6. The van der Waals surface area contributed by atoms with Gasteiger partial charge in [-0.1, -0.05) is 18.2 Å². The molecule has 8 heteroatoms. The van der Waals surface area contributed by atoms with Gasteiger partial charge in [0, 0.05) is 25.8 Å². The number of carbonyl (C=O) groups excluding carboxylic acids is 1. The van der Waals surface area contributed by atoms with Crippen molar-refractivity contribution in [2.75, 3.05) is 20.7 Å². The first-order chi connectivity index (χ1) is 13.0. The number of esters is 1. The highest BCUT2D eigenvalue weighted by Crippen LogP contribution is 2.25. The van der Waals surface area contributed by atoms with Gasteiger partial charge in [-0.15, -0.1) is 0 Å². The summed E-state index contributed by atoms with van der Waals surface area (Å²) in [4.78, 5) is 17.9. The van der Waals surface area contributed by atoms with Gasteiger partial charge in [0.2, 0.25) is 11.3 Å². The monoisotopic (exact) mass is 389 g/mol. The molecule has 1 unspecified atom stereocenters. The molecular formula is C19H23N3O4S. The van der Waals surface area contributed by atoms with E-state index in [2.05, 4.69) is 33.8 Å². The second-order valence-electron chi connectivity index (χ2n) is 6.60. The van der Waals surface area contributed by atoms with Crippen molar-refractivity contribution in [3.05, 3.63) is 64.5 Å². The standard InChI is InChI=1S/C19H23N3O4S/c1-21-11-16-5-3-4-14(18(16)13-21)8-9-22(27(24)25)12-17-7-6-15(10-20-17)19(23)26-2/h3-7,10H,8-9,11-13H2,1-2H3,(H,24,25). The van der Waals surface area contributed by atoms with Crippen molar-refractivity contribution in [2.24, 2.45) is 0 Å². The fourth-order valence-corrected chi connectivity index (χ4v) is 3.77. The zero-order valence-corrected chi connectivity index (χ0v) is 16.2. The molecule has 1 aliphatic rings. The molecule has 0 saturated heterocycles. The first-order valence-corrected chi connectivity index (χ1v) is 9.71. The summed E-state index contributed by atoms with van der Waals surface area (Å²) < 4.78 is 27.5. The number of fused-ring (bicyclic) bond motifs is 1. The average molecular weight is 389 g/mol. The van der Waals surface area contributed by atoms with Crippen LogP contribution in [0.3, 0.4) is 0 Å². The summed E-state index contributed by atoms with van der Waals surface area (Å²) in [5, 5.41) is 0. The summed E-state index contributed by atoms with van der Waals surface area (Å²) >= 11 is -2.11. The van der Waals surface area contributed by atoms with E-state index in [0.717, 1.165) is 13.1 Å². The largest absolute Gasteiger partial charge is 0.465 e. The number of hydrogen-bond donors (Lipinski definition) is 1. The average Bonchev–Trinajstić information content (AvgIpc) is 3.05. The van der Waals surface area contributed by atoms with E-state index in [9.17, 15) is 13.6 Å². The summed E-state index contributed by atoms with van der Waals surface area (Å²) in [5.41, 5.74) is 4.82. The molecule has 1 aromatic carbocycles. The maximum absolute atomic E-state index is 11.8. The van der Waals surface area contributed by atoms with Crippen LogP contribution in [0.4, 0.5) is 0 Å². The molecular weight excluding hydrogens is 366 g/mol. The highest BCUT2D eigenvalue weighted by Gasteiger charge is 2.20. The Labute approximate surface area is 161 Å². The number of ether oxygens (including phenoxy) is 1. The second-order valence-corrected chi connectivity index (χ2v) is 7.58. The van der Waals surface area contributed by atoms with E-state index in [0.29, 0.717) is 24.2 Å². The van der Waals surface area contributed by atoms with Crippen LogP contribution in [0.25, 0.3) is 0 Å². The smallest absolute Gasteiger partial charge is 0.339 e. The highest BCUT2D eigenvalue weighted by molar-refractivity contribution is 7.76. The van der Waals surface area contributed by atoms with Gasteiger partial charge in [-0.05, 0) is 42.3 Å². The molecule has 2 heterocycles. The van der Waals surface area contributed by atoms with Gasteiger partial charge in [-0.2, -0.15) is 4.31 Å². The van der Waals surface area contributed by atoms with E-state index in [1.807, 2.05) is 6.07 Å². The molecule has 1 aliphatic heterocycles. The van der Waals surface area contributed by atoms with Crippen LogP contribution < -0.4 is 0 Å². The van der Waals surface area contributed by atoms with Crippen molar-refractivity contribution >= 4 is 17.2 Å². The molecule has 0 saturated carbocycles. The van der Waals surface area contributed by atoms with Gasteiger partial charge in [0.15, 0.2) is 0 Å². The number of carbonyl (C=O) groups is 1. The van der Waals surface area contributed by atoms with E-state index >= 15 is 0 Å². The molecule has 27 heavy (non-hydrogen) atoms. The van der Waals surface area contributed by atoms with E-state index in [1.165, 1.54) is 34.3 Å². The van der Waals surface area contributed by atoms with Crippen LogP contribution in [0.15, 0.2) is 36.5 Å². The second kappa shape index (κ2) is 8.71. The molecule has 2 aromatic rings. The highest BCUT2D eigenvalue weighted by atomic mass is 32.2. The Bertz CT molecular complexity index is 841. The molecule has 1 aromatic heterocycles. The van der Waals surface area contributed by atoms with Crippen molar-refractivity contribution in [3.8, 4) is 0 Å². The van der Waals surface area contributed by atoms with Crippen LogP contribution in [0.5, 0.6) is 0 Å². The summed E-state index contributed by atoms with van der Waals surface area (Å²) in [6.45, 7) is 2.50. The Kier molecular flexibility index (Phi) is 6.33. The Hall–Kier alpha value is -2.13. The van der Waals surface area contributed by atoms with E-state index in [1.54, 1.807) is 12.1 Å². The van der Waals surface area contributed by atoms with Crippen LogP contribution in [0.2, 0.25) is 0 Å². The zero-order valence-electron chi connectivity index (χ0n) is 15.4. The lowest BCUT2D eigenvalue weighted by Crippen LogP contribution is -2.28. The summed E-state index contributed by atoms with van der Waals surface area (Å²) in [6, 6.07) is 9.53. The minimum atomic E-state index is -2.11. The SMILES string of the molecule is COC(=O)c1ccc(CN(CCc2cccc3c2CN(C)C3)S(=O)O)nc1. The van der Waals surface area contributed by atoms with E-state index in [4.69, 9.17) is 0 Å². The predicted octanol–water partition coefficient (Wildman–Crippen LogP) is 2.00. The third-order valence-corrected chi connectivity index (χ3v) is 5.43. The number of nitrogens with zero attached hydrogens (tertiary/aromatic N) is 3. The van der Waals surface area contributed by atoms with Crippen LogP contribution in [0.1, 0.15) is 32.7 Å². The van der Waals surface area contributed by atoms with Crippen LogP contribution >= 0.6 is 0 Å². The van der Waals surface area contributed by atoms with Gasteiger partial charge in [0.05, 0.1) is 24.9 Å². The molecule has 0 aliphatic carbocycles. The van der Waals surface area contributed by atoms with E-state index in [-0.39, 0.29) is 6.54 Å². The first-order valence-electron chi connectivity index (χ1n) is 8.65. The molecule has 1 N–H and O–H groups in total. The number of methoxy groups -OCH3 is 1. The molecule has 0 bridgehead atoms. The fourth-order valence-electron chi connectivity index (χ4n) is 3.28. The number of benzene rings is 1. The van der Waals surface area contributed by atoms with Crippen molar-refractivity contribution in [2.45, 2.75) is 26.1 Å². The maximum Gasteiger partial charge on any atom is 0.339 e. The summed E-state index contributed by atoms with van der Waals surface area (Å²) in [5.74, 6) is -0.459. The van der Waals surface area contributed by atoms with E-state index < -0.39 is 17.2 Å². The van der Waals surface area contributed by atoms with Crippen molar-refractivity contribution < 1.29 is 18.3 Å². The van der Waals surface area contributed by atoms with Gasteiger partial charge in [0.1, 0.15) is 0 Å². The summed E-state index contributed by atoms with van der Waals surface area (Å²) in [6.07, 6.45) is 2.10. The summed E-state index contributed by atoms with van der Waals surface area (Å²) in [7, 11) is 3.40. The van der Waals surface area contributed by atoms with Gasteiger partial charge >= 0.3 is 5.97 Å². The predicted molar refractivity (Wildman–Crippen MR) is 102 cm³/mol. The van der Waals surface area contributed by atoms with Gasteiger partial charge in [0.25, 0.3) is 0 Å². The normalized spacial score (nSPS) is 15.0. The number of hydrogen-bond acceptors (Lipinski definition) is 5. The van der Waals surface area contributed by atoms with Crippen molar-refractivity contribution in [1.29, 1.82) is 0 Å². The molecule has 0 fully saturated rings. The lowest BCUT2D eigenvalue weighted by Gasteiger charge is -2.18. The van der Waals surface area contributed by atoms with Crippen LogP contribution in [-0.2, 0) is 42.1 Å².